The third kappa shape index (κ3) is 0.914. The zero-order chi connectivity index (χ0) is 8.55. The van der Waals surface area contributed by atoms with Crippen molar-refractivity contribution in [2.75, 3.05) is 0 Å². The maximum atomic E-state index is 10.5. The minimum atomic E-state index is -1.04. The van der Waals surface area contributed by atoms with Crippen LogP contribution in [0.4, 0.5) is 0 Å². The molecule has 2 N–H and O–H groups in total. The molecular formula is C7H5N3O2. The Morgan fingerprint density at radius 1 is 1.58 bits per heavy atom. The highest BCUT2D eigenvalue weighted by Crippen LogP contribution is 2.09. The number of carboxylic acids is 1. The van der Waals surface area contributed by atoms with E-state index >= 15 is 0 Å². The molecule has 2 aromatic rings. The van der Waals surface area contributed by atoms with Crippen LogP contribution in [-0.4, -0.2) is 26.3 Å². The van der Waals surface area contributed by atoms with Gasteiger partial charge in [0.25, 0.3) is 0 Å². The summed E-state index contributed by atoms with van der Waals surface area (Å²) in [5.74, 6) is -1.04. The molecule has 2 rings (SSSR count). The molecule has 0 atom stereocenters. The predicted molar refractivity (Wildman–Crippen MR) is 40.8 cm³/mol. The van der Waals surface area contributed by atoms with Gasteiger partial charge in [-0.3, -0.25) is 5.10 Å². The largest absolute Gasteiger partial charge is 0.477 e. The third-order valence-corrected chi connectivity index (χ3v) is 1.54. The predicted octanol–water partition coefficient (Wildman–Crippen LogP) is 0.656. The molecule has 0 unspecified atom stereocenters. The van der Waals surface area contributed by atoms with Crippen molar-refractivity contribution in [3.8, 4) is 0 Å². The Bertz CT molecular complexity index is 435. The van der Waals surface area contributed by atoms with E-state index in [4.69, 9.17) is 5.11 Å². The van der Waals surface area contributed by atoms with Gasteiger partial charge in [0.05, 0.1) is 5.52 Å². The summed E-state index contributed by atoms with van der Waals surface area (Å²) in [5.41, 5.74) is 0.622. The van der Waals surface area contributed by atoms with Gasteiger partial charge in [0.2, 0.25) is 0 Å². The molecule has 0 spiro atoms. The first-order valence-electron chi connectivity index (χ1n) is 3.30. The van der Waals surface area contributed by atoms with Gasteiger partial charge in [-0.1, -0.05) is 0 Å². The number of rotatable bonds is 1. The number of aromatic carboxylic acids is 1. The number of carboxylic acid groups (broad SMARTS) is 1. The number of nitrogens with zero attached hydrogens (tertiary/aromatic N) is 2. The molecule has 0 aromatic carbocycles. The summed E-state index contributed by atoms with van der Waals surface area (Å²) >= 11 is 0. The molecule has 0 amide bonds. The Morgan fingerprint density at radius 2 is 2.42 bits per heavy atom. The lowest BCUT2D eigenvalue weighted by Gasteiger charge is -1.90. The Labute approximate surface area is 67.1 Å². The van der Waals surface area contributed by atoms with Crippen LogP contribution in [0.1, 0.15) is 10.5 Å². The smallest absolute Gasteiger partial charge is 0.354 e. The summed E-state index contributed by atoms with van der Waals surface area (Å²) in [5, 5.41) is 15.8. The second-order valence-electron chi connectivity index (χ2n) is 2.32. The Morgan fingerprint density at radius 3 is 3.17 bits per heavy atom. The summed E-state index contributed by atoms with van der Waals surface area (Å²) in [4.78, 5) is 14.2. The monoisotopic (exact) mass is 163 g/mol. The van der Waals surface area contributed by atoms with Crippen LogP contribution in [-0.2, 0) is 0 Å². The number of fused-ring (bicyclic) bond motifs is 1. The van der Waals surface area contributed by atoms with Crippen molar-refractivity contribution in [1.82, 2.24) is 15.2 Å². The summed E-state index contributed by atoms with van der Waals surface area (Å²) in [7, 11) is 0. The highest BCUT2D eigenvalue weighted by Gasteiger charge is 2.05. The number of aromatic nitrogens is 3. The molecule has 0 aliphatic carbocycles. The average Bonchev–Trinajstić information content (AvgIpc) is 2.49. The van der Waals surface area contributed by atoms with Gasteiger partial charge in [-0.2, -0.15) is 5.10 Å². The van der Waals surface area contributed by atoms with Crippen molar-refractivity contribution in [3.63, 3.8) is 0 Å². The summed E-state index contributed by atoms with van der Waals surface area (Å²) in [6, 6.07) is 1.42. The fraction of sp³-hybridized carbons (Fsp3) is 0. The van der Waals surface area contributed by atoms with Crippen molar-refractivity contribution in [3.05, 3.63) is 24.2 Å². The van der Waals surface area contributed by atoms with Crippen LogP contribution in [0.2, 0.25) is 0 Å². The Balaban J connectivity index is 2.68. The van der Waals surface area contributed by atoms with Crippen LogP contribution in [0.5, 0.6) is 0 Å². The van der Waals surface area contributed by atoms with E-state index in [0.29, 0.717) is 5.52 Å². The van der Waals surface area contributed by atoms with Crippen LogP contribution in [0.25, 0.3) is 10.9 Å². The third-order valence-electron chi connectivity index (χ3n) is 1.54. The minimum absolute atomic E-state index is 0.00889. The van der Waals surface area contributed by atoms with Gasteiger partial charge in [-0.05, 0) is 6.07 Å². The number of nitrogens with one attached hydrogen (secondary N) is 1. The van der Waals surface area contributed by atoms with Crippen molar-refractivity contribution in [2.45, 2.75) is 0 Å². The first-order chi connectivity index (χ1) is 5.77. The molecule has 0 saturated carbocycles. The van der Waals surface area contributed by atoms with E-state index in [1.165, 1.54) is 12.3 Å². The molecule has 2 aromatic heterocycles. The lowest BCUT2D eigenvalue weighted by atomic mass is 10.3. The molecule has 0 fully saturated rings. The standard InChI is InChI=1S/C7H5N3O2/c11-7(12)6-1-5-4(2-8-6)3-9-10-5/h1-3H,(H,9,10)(H,11,12). The summed E-state index contributed by atoms with van der Waals surface area (Å²) in [6.45, 7) is 0. The van der Waals surface area contributed by atoms with Crippen molar-refractivity contribution < 1.29 is 9.90 Å². The number of hydrogen-bond acceptors (Lipinski definition) is 3. The molecule has 0 aliphatic rings. The van der Waals surface area contributed by atoms with Crippen molar-refractivity contribution in [2.24, 2.45) is 0 Å². The maximum absolute atomic E-state index is 10.5. The molecule has 60 valence electrons. The topological polar surface area (TPSA) is 78.9 Å². The zero-order valence-corrected chi connectivity index (χ0v) is 5.98. The molecule has 0 radical (unpaired) electrons. The van der Waals surface area contributed by atoms with Gasteiger partial charge in [-0.15, -0.1) is 0 Å². The van der Waals surface area contributed by atoms with Crippen LogP contribution in [0.15, 0.2) is 18.5 Å². The van der Waals surface area contributed by atoms with Gasteiger partial charge in [-0.25, -0.2) is 9.78 Å². The first kappa shape index (κ1) is 6.78. The average molecular weight is 163 g/mol. The van der Waals surface area contributed by atoms with Gasteiger partial charge in [0, 0.05) is 17.8 Å². The zero-order valence-electron chi connectivity index (χ0n) is 5.98. The normalized spacial score (nSPS) is 10.3. The number of aromatic amines is 1. The number of pyridine rings is 1. The lowest BCUT2D eigenvalue weighted by molar-refractivity contribution is 0.0690. The Kier molecular flexibility index (Phi) is 1.30. The van der Waals surface area contributed by atoms with Gasteiger partial charge < -0.3 is 5.11 Å². The first-order valence-corrected chi connectivity index (χ1v) is 3.30. The fourth-order valence-electron chi connectivity index (χ4n) is 0.952. The molecule has 5 nitrogen and oxygen atoms in total. The highest BCUT2D eigenvalue weighted by molar-refractivity contribution is 5.90. The van der Waals surface area contributed by atoms with E-state index in [2.05, 4.69) is 15.2 Å². The number of hydrogen-bond donors (Lipinski definition) is 2. The molecule has 12 heavy (non-hydrogen) atoms. The van der Waals surface area contributed by atoms with E-state index in [1.807, 2.05) is 0 Å². The van der Waals surface area contributed by atoms with Crippen molar-refractivity contribution >= 4 is 16.9 Å². The van der Waals surface area contributed by atoms with E-state index in [9.17, 15) is 4.79 Å². The molecule has 0 saturated heterocycles. The van der Waals surface area contributed by atoms with E-state index in [1.54, 1.807) is 6.20 Å². The van der Waals surface area contributed by atoms with Crippen LogP contribution in [0.3, 0.4) is 0 Å². The maximum Gasteiger partial charge on any atom is 0.354 e. The van der Waals surface area contributed by atoms with E-state index in [-0.39, 0.29) is 5.69 Å². The van der Waals surface area contributed by atoms with Crippen LogP contribution >= 0.6 is 0 Å². The van der Waals surface area contributed by atoms with Gasteiger partial charge >= 0.3 is 5.97 Å². The summed E-state index contributed by atoms with van der Waals surface area (Å²) < 4.78 is 0. The fourth-order valence-corrected chi connectivity index (χ4v) is 0.952. The SMILES string of the molecule is O=C(O)c1cc2n[nH]cc2cn1. The minimum Gasteiger partial charge on any atom is -0.477 e. The Hall–Kier alpha value is -1.91. The van der Waals surface area contributed by atoms with Crippen molar-refractivity contribution in [1.29, 1.82) is 0 Å². The molecule has 5 heteroatoms. The van der Waals surface area contributed by atoms with Crippen LogP contribution in [0, 0.1) is 0 Å². The summed E-state index contributed by atoms with van der Waals surface area (Å²) in [6.07, 6.45) is 3.14. The number of carbonyl (C=O) groups is 1. The molecule has 2 heterocycles. The van der Waals surface area contributed by atoms with E-state index < -0.39 is 5.97 Å². The quantitative estimate of drug-likeness (QED) is 0.647. The molecule has 0 aliphatic heterocycles. The second kappa shape index (κ2) is 2.30. The highest BCUT2D eigenvalue weighted by atomic mass is 16.4. The second-order valence-corrected chi connectivity index (χ2v) is 2.32. The molecular weight excluding hydrogens is 158 g/mol. The number of H-pyrrole nitrogens is 1. The van der Waals surface area contributed by atoms with Crippen LogP contribution < -0.4 is 0 Å². The molecule has 0 bridgehead atoms. The van der Waals surface area contributed by atoms with E-state index in [0.717, 1.165) is 5.39 Å². The van der Waals surface area contributed by atoms with Gasteiger partial charge in [0.15, 0.2) is 0 Å². The lowest BCUT2D eigenvalue weighted by Crippen LogP contribution is -1.98. The van der Waals surface area contributed by atoms with Gasteiger partial charge in [0.1, 0.15) is 5.69 Å².